The van der Waals surface area contributed by atoms with Crippen molar-refractivity contribution in [2.24, 2.45) is 0 Å². The summed E-state index contributed by atoms with van der Waals surface area (Å²) < 4.78 is 5.41. The molecule has 2 atom stereocenters. The average molecular weight is 156 g/mol. The SMILES string of the molecule is CC=CC1CC(C)(O)CCO1. The molecule has 0 saturated carbocycles. The highest BCUT2D eigenvalue weighted by Crippen LogP contribution is 2.24. The maximum atomic E-state index is 9.66. The second-order valence-corrected chi connectivity index (χ2v) is 3.39. The van der Waals surface area contributed by atoms with Crippen LogP contribution < -0.4 is 0 Å². The van der Waals surface area contributed by atoms with Crippen LogP contribution in [0.3, 0.4) is 0 Å². The Labute approximate surface area is 67.9 Å². The van der Waals surface area contributed by atoms with Crippen molar-refractivity contribution >= 4 is 0 Å². The maximum Gasteiger partial charge on any atom is 0.0783 e. The molecule has 1 aliphatic heterocycles. The fourth-order valence-corrected chi connectivity index (χ4v) is 1.36. The van der Waals surface area contributed by atoms with E-state index in [4.69, 9.17) is 4.74 Å². The number of allylic oxidation sites excluding steroid dienone is 1. The summed E-state index contributed by atoms with van der Waals surface area (Å²) in [5.74, 6) is 0. The van der Waals surface area contributed by atoms with Crippen LogP contribution in [0, 0.1) is 0 Å². The zero-order valence-corrected chi connectivity index (χ0v) is 7.21. The van der Waals surface area contributed by atoms with E-state index < -0.39 is 5.60 Å². The number of ether oxygens (including phenoxy) is 1. The Morgan fingerprint density at radius 2 is 2.36 bits per heavy atom. The molecule has 0 aromatic carbocycles. The highest BCUT2D eigenvalue weighted by atomic mass is 16.5. The molecule has 2 heteroatoms. The van der Waals surface area contributed by atoms with Gasteiger partial charge >= 0.3 is 0 Å². The molecule has 2 unspecified atom stereocenters. The topological polar surface area (TPSA) is 29.5 Å². The van der Waals surface area contributed by atoms with Gasteiger partial charge in [0.2, 0.25) is 0 Å². The molecule has 0 aromatic rings. The van der Waals surface area contributed by atoms with E-state index in [9.17, 15) is 5.11 Å². The smallest absolute Gasteiger partial charge is 0.0783 e. The summed E-state index contributed by atoms with van der Waals surface area (Å²) in [6, 6.07) is 0. The van der Waals surface area contributed by atoms with Crippen LogP contribution in [0.25, 0.3) is 0 Å². The molecule has 0 bridgehead atoms. The first-order chi connectivity index (χ1) is 5.14. The number of hydrogen-bond acceptors (Lipinski definition) is 2. The highest BCUT2D eigenvalue weighted by molar-refractivity contribution is 4.93. The molecule has 1 saturated heterocycles. The predicted octanol–water partition coefficient (Wildman–Crippen LogP) is 1.49. The summed E-state index contributed by atoms with van der Waals surface area (Å²) in [7, 11) is 0. The van der Waals surface area contributed by atoms with Crippen LogP contribution in [0.15, 0.2) is 12.2 Å². The summed E-state index contributed by atoms with van der Waals surface area (Å²) in [5.41, 5.74) is -0.525. The quantitative estimate of drug-likeness (QED) is 0.583. The van der Waals surface area contributed by atoms with Gasteiger partial charge in [0.1, 0.15) is 0 Å². The van der Waals surface area contributed by atoms with Crippen LogP contribution in [0.2, 0.25) is 0 Å². The normalized spacial score (nSPS) is 39.7. The van der Waals surface area contributed by atoms with Crippen molar-refractivity contribution in [2.45, 2.75) is 38.4 Å². The second-order valence-electron chi connectivity index (χ2n) is 3.39. The molecule has 0 amide bonds. The van der Waals surface area contributed by atoms with Crippen LogP contribution in [-0.4, -0.2) is 23.4 Å². The van der Waals surface area contributed by atoms with E-state index in [1.54, 1.807) is 0 Å². The molecule has 1 fully saturated rings. The van der Waals surface area contributed by atoms with Crippen molar-refractivity contribution in [3.05, 3.63) is 12.2 Å². The number of hydrogen-bond donors (Lipinski definition) is 1. The largest absolute Gasteiger partial charge is 0.390 e. The van der Waals surface area contributed by atoms with Crippen LogP contribution in [0.4, 0.5) is 0 Å². The lowest BCUT2D eigenvalue weighted by Gasteiger charge is -2.32. The van der Waals surface area contributed by atoms with E-state index in [1.165, 1.54) is 0 Å². The lowest BCUT2D eigenvalue weighted by molar-refractivity contribution is -0.0768. The summed E-state index contributed by atoms with van der Waals surface area (Å²) in [4.78, 5) is 0. The number of rotatable bonds is 1. The van der Waals surface area contributed by atoms with Gasteiger partial charge in [-0.05, 0) is 20.3 Å². The van der Waals surface area contributed by atoms with Crippen molar-refractivity contribution in [3.8, 4) is 0 Å². The molecule has 0 spiro atoms. The first kappa shape index (κ1) is 8.75. The Morgan fingerprint density at radius 3 is 2.91 bits per heavy atom. The maximum absolute atomic E-state index is 9.66. The van der Waals surface area contributed by atoms with Gasteiger partial charge in [0.15, 0.2) is 0 Å². The Bertz CT molecular complexity index is 150. The molecule has 0 aromatic heterocycles. The van der Waals surface area contributed by atoms with Crippen molar-refractivity contribution in [1.29, 1.82) is 0 Å². The van der Waals surface area contributed by atoms with E-state index >= 15 is 0 Å². The third-order valence-corrected chi connectivity index (χ3v) is 2.02. The molecule has 1 aliphatic rings. The Balaban J connectivity index is 2.46. The van der Waals surface area contributed by atoms with Crippen LogP contribution >= 0.6 is 0 Å². The Kier molecular flexibility index (Phi) is 2.68. The third-order valence-electron chi connectivity index (χ3n) is 2.02. The molecular weight excluding hydrogens is 140 g/mol. The van der Waals surface area contributed by atoms with Crippen molar-refractivity contribution in [3.63, 3.8) is 0 Å². The molecule has 1 rings (SSSR count). The van der Waals surface area contributed by atoms with E-state index in [2.05, 4.69) is 0 Å². The van der Waals surface area contributed by atoms with Gasteiger partial charge in [-0.2, -0.15) is 0 Å². The van der Waals surface area contributed by atoms with Crippen LogP contribution in [0.5, 0.6) is 0 Å². The van der Waals surface area contributed by atoms with Gasteiger partial charge in [-0.3, -0.25) is 0 Å². The van der Waals surface area contributed by atoms with Gasteiger partial charge in [0.25, 0.3) is 0 Å². The molecule has 11 heavy (non-hydrogen) atoms. The van der Waals surface area contributed by atoms with Gasteiger partial charge in [-0.25, -0.2) is 0 Å². The zero-order chi connectivity index (χ0) is 8.32. The van der Waals surface area contributed by atoms with E-state index in [0.717, 1.165) is 12.8 Å². The predicted molar refractivity (Wildman–Crippen MR) is 44.4 cm³/mol. The first-order valence-electron chi connectivity index (χ1n) is 4.11. The summed E-state index contributed by atoms with van der Waals surface area (Å²) in [5, 5.41) is 9.66. The molecular formula is C9H16O2. The second kappa shape index (κ2) is 3.37. The van der Waals surface area contributed by atoms with Crippen molar-refractivity contribution < 1.29 is 9.84 Å². The van der Waals surface area contributed by atoms with E-state index in [1.807, 2.05) is 26.0 Å². The van der Waals surface area contributed by atoms with Crippen LogP contribution in [0.1, 0.15) is 26.7 Å². The molecule has 64 valence electrons. The van der Waals surface area contributed by atoms with Gasteiger partial charge in [0.05, 0.1) is 18.3 Å². The fourth-order valence-electron chi connectivity index (χ4n) is 1.36. The molecule has 0 radical (unpaired) electrons. The monoisotopic (exact) mass is 156 g/mol. The highest BCUT2D eigenvalue weighted by Gasteiger charge is 2.28. The Hall–Kier alpha value is -0.340. The summed E-state index contributed by atoms with van der Waals surface area (Å²) in [6.07, 6.45) is 5.54. The standard InChI is InChI=1S/C9H16O2/c1-3-4-8-7-9(2,10)5-6-11-8/h3-4,8,10H,5-7H2,1-2H3. The number of aliphatic hydroxyl groups is 1. The summed E-state index contributed by atoms with van der Waals surface area (Å²) in [6.45, 7) is 4.50. The van der Waals surface area contributed by atoms with Crippen molar-refractivity contribution in [1.82, 2.24) is 0 Å². The van der Waals surface area contributed by atoms with E-state index in [0.29, 0.717) is 6.61 Å². The van der Waals surface area contributed by atoms with Crippen LogP contribution in [-0.2, 0) is 4.74 Å². The minimum absolute atomic E-state index is 0.115. The van der Waals surface area contributed by atoms with Crippen molar-refractivity contribution in [2.75, 3.05) is 6.61 Å². The average Bonchev–Trinajstić information content (AvgIpc) is 1.85. The summed E-state index contributed by atoms with van der Waals surface area (Å²) >= 11 is 0. The Morgan fingerprint density at radius 1 is 1.64 bits per heavy atom. The van der Waals surface area contributed by atoms with Gasteiger partial charge in [-0.1, -0.05) is 12.2 Å². The minimum Gasteiger partial charge on any atom is -0.390 e. The van der Waals surface area contributed by atoms with Gasteiger partial charge in [-0.15, -0.1) is 0 Å². The van der Waals surface area contributed by atoms with E-state index in [-0.39, 0.29) is 6.10 Å². The zero-order valence-electron chi connectivity index (χ0n) is 7.21. The molecule has 2 nitrogen and oxygen atoms in total. The van der Waals surface area contributed by atoms with Gasteiger partial charge in [0, 0.05) is 6.42 Å². The lowest BCUT2D eigenvalue weighted by atomic mass is 9.92. The first-order valence-corrected chi connectivity index (χ1v) is 4.11. The molecule has 0 aliphatic carbocycles. The molecule has 1 N–H and O–H groups in total. The molecule has 1 heterocycles. The fraction of sp³-hybridized carbons (Fsp3) is 0.778. The van der Waals surface area contributed by atoms with Gasteiger partial charge < -0.3 is 9.84 Å². The third kappa shape index (κ3) is 2.64. The lowest BCUT2D eigenvalue weighted by Crippen LogP contribution is -2.37. The minimum atomic E-state index is -0.525.